The van der Waals surface area contributed by atoms with Crippen LogP contribution in [0.3, 0.4) is 0 Å². The van der Waals surface area contributed by atoms with E-state index in [1.807, 2.05) is 24.3 Å². The average Bonchev–Trinajstić information content (AvgIpc) is 3.12. The molecule has 0 aliphatic carbocycles. The van der Waals surface area contributed by atoms with Gasteiger partial charge in [0.05, 0.1) is 24.4 Å². The third kappa shape index (κ3) is 3.06. The van der Waals surface area contributed by atoms with Gasteiger partial charge in [0, 0.05) is 6.54 Å². The highest BCUT2D eigenvalue weighted by Gasteiger charge is 2.11. The van der Waals surface area contributed by atoms with E-state index < -0.39 is 0 Å². The van der Waals surface area contributed by atoms with Crippen LogP contribution in [0.1, 0.15) is 5.56 Å². The van der Waals surface area contributed by atoms with E-state index in [2.05, 4.69) is 20.4 Å². The highest BCUT2D eigenvalue weighted by molar-refractivity contribution is 5.87. The Hall–Kier alpha value is -3.48. The molecule has 0 saturated heterocycles. The Morgan fingerprint density at radius 1 is 1.04 bits per heavy atom. The standard InChI is InChI=1S/C19H16FN5O/c1-26-16-8-6-15(7-9-16)25-19-17(11-24-25)18(22-12-23-19)21-10-13-2-4-14(20)5-3-13/h2-9,11-12H,10H2,1H3,(H,21,22,23). The minimum Gasteiger partial charge on any atom is -0.497 e. The van der Waals surface area contributed by atoms with Crippen LogP contribution in [-0.2, 0) is 6.54 Å². The minimum atomic E-state index is -0.251. The monoisotopic (exact) mass is 349 g/mol. The van der Waals surface area contributed by atoms with Crippen LogP contribution in [-0.4, -0.2) is 26.9 Å². The molecule has 0 aliphatic heterocycles. The van der Waals surface area contributed by atoms with E-state index in [0.717, 1.165) is 22.4 Å². The summed E-state index contributed by atoms with van der Waals surface area (Å²) in [6.07, 6.45) is 3.23. The van der Waals surface area contributed by atoms with E-state index >= 15 is 0 Å². The molecule has 130 valence electrons. The van der Waals surface area contributed by atoms with Gasteiger partial charge in [-0.1, -0.05) is 12.1 Å². The van der Waals surface area contributed by atoms with Gasteiger partial charge in [-0.2, -0.15) is 5.10 Å². The summed E-state index contributed by atoms with van der Waals surface area (Å²) in [4.78, 5) is 8.66. The first-order valence-corrected chi connectivity index (χ1v) is 8.06. The van der Waals surface area contributed by atoms with Gasteiger partial charge in [0.2, 0.25) is 0 Å². The fourth-order valence-corrected chi connectivity index (χ4v) is 2.69. The highest BCUT2D eigenvalue weighted by Crippen LogP contribution is 2.23. The Labute approximate surface area is 149 Å². The van der Waals surface area contributed by atoms with Gasteiger partial charge in [0.25, 0.3) is 0 Å². The van der Waals surface area contributed by atoms with Crippen LogP contribution in [0.15, 0.2) is 61.1 Å². The fraction of sp³-hybridized carbons (Fsp3) is 0.105. The van der Waals surface area contributed by atoms with Gasteiger partial charge in [-0.05, 0) is 42.0 Å². The molecule has 0 bridgehead atoms. The maximum absolute atomic E-state index is 13.0. The van der Waals surface area contributed by atoms with Crippen molar-refractivity contribution in [2.75, 3.05) is 12.4 Å². The number of hydrogen-bond acceptors (Lipinski definition) is 5. The Balaban J connectivity index is 1.62. The zero-order valence-electron chi connectivity index (χ0n) is 14.1. The van der Waals surface area contributed by atoms with E-state index in [1.54, 1.807) is 30.1 Å². The third-order valence-corrected chi connectivity index (χ3v) is 4.06. The lowest BCUT2D eigenvalue weighted by atomic mass is 10.2. The number of halogens is 1. The molecule has 2 aromatic carbocycles. The van der Waals surface area contributed by atoms with Gasteiger partial charge in [-0.25, -0.2) is 19.0 Å². The van der Waals surface area contributed by atoms with Crippen molar-refractivity contribution in [3.8, 4) is 11.4 Å². The number of nitrogens with zero attached hydrogens (tertiary/aromatic N) is 4. The van der Waals surface area contributed by atoms with Crippen molar-refractivity contribution in [3.63, 3.8) is 0 Å². The van der Waals surface area contributed by atoms with Gasteiger partial charge < -0.3 is 10.1 Å². The van der Waals surface area contributed by atoms with Crippen LogP contribution in [0.4, 0.5) is 10.2 Å². The van der Waals surface area contributed by atoms with Crippen LogP contribution in [0, 0.1) is 5.82 Å². The zero-order valence-corrected chi connectivity index (χ0v) is 14.1. The first-order chi connectivity index (χ1) is 12.7. The van der Waals surface area contributed by atoms with Crippen molar-refractivity contribution >= 4 is 16.9 Å². The summed E-state index contributed by atoms with van der Waals surface area (Å²) in [6, 6.07) is 13.9. The van der Waals surface area contributed by atoms with Crippen LogP contribution >= 0.6 is 0 Å². The van der Waals surface area contributed by atoms with E-state index in [1.165, 1.54) is 18.5 Å². The third-order valence-electron chi connectivity index (χ3n) is 4.06. The first-order valence-electron chi connectivity index (χ1n) is 8.06. The lowest BCUT2D eigenvalue weighted by Gasteiger charge is -2.07. The number of anilines is 1. The van der Waals surface area contributed by atoms with E-state index in [9.17, 15) is 4.39 Å². The van der Waals surface area contributed by atoms with Crippen LogP contribution in [0.5, 0.6) is 5.75 Å². The minimum absolute atomic E-state index is 0.251. The SMILES string of the molecule is COc1ccc(-n2ncc3c(NCc4ccc(F)cc4)ncnc32)cc1. The highest BCUT2D eigenvalue weighted by atomic mass is 19.1. The average molecular weight is 349 g/mol. The predicted octanol–water partition coefficient (Wildman–Crippen LogP) is 3.58. The van der Waals surface area contributed by atoms with Crippen molar-refractivity contribution in [2.24, 2.45) is 0 Å². The number of nitrogens with one attached hydrogen (secondary N) is 1. The molecule has 0 unspecified atom stereocenters. The Morgan fingerprint density at radius 2 is 1.81 bits per heavy atom. The number of aromatic nitrogens is 4. The second kappa shape index (κ2) is 6.79. The van der Waals surface area contributed by atoms with Crippen LogP contribution < -0.4 is 10.1 Å². The molecule has 0 aliphatic rings. The largest absolute Gasteiger partial charge is 0.497 e. The molecule has 0 saturated carbocycles. The summed E-state index contributed by atoms with van der Waals surface area (Å²) in [7, 11) is 1.63. The molecule has 6 nitrogen and oxygen atoms in total. The quantitative estimate of drug-likeness (QED) is 0.597. The Bertz CT molecular complexity index is 1030. The normalized spacial score (nSPS) is 10.8. The van der Waals surface area contributed by atoms with Crippen LogP contribution in [0.2, 0.25) is 0 Å². The smallest absolute Gasteiger partial charge is 0.168 e. The van der Waals surface area contributed by atoms with E-state index in [-0.39, 0.29) is 5.82 Å². The number of benzene rings is 2. The van der Waals surface area contributed by atoms with Gasteiger partial charge in [-0.3, -0.25) is 0 Å². The molecule has 7 heteroatoms. The molecule has 2 aromatic heterocycles. The molecule has 2 heterocycles. The number of fused-ring (bicyclic) bond motifs is 1. The molecule has 0 atom stereocenters. The van der Waals surface area contributed by atoms with E-state index in [4.69, 9.17) is 4.74 Å². The maximum atomic E-state index is 13.0. The fourth-order valence-electron chi connectivity index (χ4n) is 2.69. The molecule has 0 fully saturated rings. The lowest BCUT2D eigenvalue weighted by molar-refractivity contribution is 0.414. The van der Waals surface area contributed by atoms with Gasteiger partial charge in [0.15, 0.2) is 5.65 Å². The molecule has 0 radical (unpaired) electrons. The second-order valence-corrected chi connectivity index (χ2v) is 5.69. The molecular formula is C19H16FN5O. The molecule has 4 rings (SSSR count). The summed E-state index contributed by atoms with van der Waals surface area (Å²) in [6.45, 7) is 0.528. The van der Waals surface area contributed by atoms with Crippen LogP contribution in [0.25, 0.3) is 16.7 Å². The van der Waals surface area contributed by atoms with Crippen molar-refractivity contribution in [2.45, 2.75) is 6.54 Å². The second-order valence-electron chi connectivity index (χ2n) is 5.69. The molecular weight excluding hydrogens is 333 g/mol. The number of hydrogen-bond donors (Lipinski definition) is 1. The molecule has 0 amide bonds. The molecule has 0 spiro atoms. The summed E-state index contributed by atoms with van der Waals surface area (Å²) in [5, 5.41) is 8.50. The Morgan fingerprint density at radius 3 is 2.54 bits per heavy atom. The zero-order chi connectivity index (χ0) is 17.9. The van der Waals surface area contributed by atoms with Crippen molar-refractivity contribution in [3.05, 3.63) is 72.4 Å². The number of methoxy groups -OCH3 is 1. The number of ether oxygens (including phenoxy) is 1. The Kier molecular flexibility index (Phi) is 4.18. The van der Waals surface area contributed by atoms with Crippen molar-refractivity contribution in [1.82, 2.24) is 19.7 Å². The summed E-state index contributed by atoms with van der Waals surface area (Å²) in [5.41, 5.74) is 2.54. The summed E-state index contributed by atoms with van der Waals surface area (Å²) in [5.74, 6) is 1.21. The predicted molar refractivity (Wildman–Crippen MR) is 96.9 cm³/mol. The molecule has 4 aromatic rings. The van der Waals surface area contributed by atoms with Crippen molar-refractivity contribution < 1.29 is 9.13 Å². The topological polar surface area (TPSA) is 64.9 Å². The number of rotatable bonds is 5. The lowest BCUT2D eigenvalue weighted by Crippen LogP contribution is -2.03. The van der Waals surface area contributed by atoms with Gasteiger partial charge in [-0.15, -0.1) is 0 Å². The maximum Gasteiger partial charge on any atom is 0.168 e. The van der Waals surface area contributed by atoms with Crippen molar-refractivity contribution in [1.29, 1.82) is 0 Å². The van der Waals surface area contributed by atoms with Gasteiger partial charge in [0.1, 0.15) is 23.7 Å². The van der Waals surface area contributed by atoms with E-state index in [0.29, 0.717) is 18.0 Å². The first kappa shape index (κ1) is 16.0. The van der Waals surface area contributed by atoms with Gasteiger partial charge >= 0.3 is 0 Å². The summed E-state index contributed by atoms with van der Waals surface area (Å²) >= 11 is 0. The summed E-state index contributed by atoms with van der Waals surface area (Å²) < 4.78 is 19.9. The molecule has 26 heavy (non-hydrogen) atoms. The molecule has 1 N–H and O–H groups in total.